The lowest BCUT2D eigenvalue weighted by atomic mass is 10.1. The fourth-order valence-electron chi connectivity index (χ4n) is 1.96. The Morgan fingerprint density at radius 1 is 1.08 bits per heavy atom. The van der Waals surface area contributed by atoms with Crippen molar-refractivity contribution in [3.8, 4) is 0 Å². The first-order chi connectivity index (χ1) is 12.5. The highest BCUT2D eigenvalue weighted by atomic mass is 32.1. The van der Waals surface area contributed by atoms with Crippen LogP contribution in [0.4, 0.5) is 4.79 Å². The van der Waals surface area contributed by atoms with E-state index < -0.39 is 36.5 Å². The van der Waals surface area contributed by atoms with E-state index in [1.165, 1.54) is 18.4 Å². The number of ether oxygens (including phenoxy) is 1. The maximum absolute atomic E-state index is 12.2. The molecule has 0 unspecified atom stereocenters. The molecular formula is C17H17N3O5S. The van der Waals surface area contributed by atoms with Gasteiger partial charge in [0, 0.05) is 12.6 Å². The maximum atomic E-state index is 12.2. The highest BCUT2D eigenvalue weighted by Crippen LogP contribution is 2.17. The number of thiophene rings is 1. The molecule has 0 spiro atoms. The summed E-state index contributed by atoms with van der Waals surface area (Å²) in [5, 5.41) is 8.47. The van der Waals surface area contributed by atoms with Gasteiger partial charge in [0.1, 0.15) is 6.54 Å². The van der Waals surface area contributed by atoms with Crippen LogP contribution < -0.4 is 16.0 Å². The minimum Gasteiger partial charge on any atom is -0.446 e. The van der Waals surface area contributed by atoms with Gasteiger partial charge in [-0.2, -0.15) is 0 Å². The number of carbonyl (C=O) groups excluding carboxylic acids is 4. The highest BCUT2D eigenvalue weighted by molar-refractivity contribution is 7.12. The summed E-state index contributed by atoms with van der Waals surface area (Å²) >= 11 is 1.23. The Hall–Kier alpha value is -3.20. The van der Waals surface area contributed by atoms with Crippen molar-refractivity contribution in [2.24, 2.45) is 0 Å². The van der Waals surface area contributed by atoms with Gasteiger partial charge in [-0.25, -0.2) is 4.79 Å². The molecule has 0 aliphatic rings. The molecular weight excluding hydrogens is 358 g/mol. The zero-order valence-corrected chi connectivity index (χ0v) is 14.7. The van der Waals surface area contributed by atoms with Gasteiger partial charge in [0.25, 0.3) is 11.8 Å². The van der Waals surface area contributed by atoms with E-state index in [-0.39, 0.29) is 0 Å². The van der Waals surface area contributed by atoms with Crippen molar-refractivity contribution in [2.75, 3.05) is 13.6 Å². The first kappa shape index (κ1) is 19.1. The predicted octanol–water partition coefficient (Wildman–Crippen LogP) is 1.22. The van der Waals surface area contributed by atoms with Crippen LogP contribution in [0.3, 0.4) is 0 Å². The van der Waals surface area contributed by atoms with Crippen molar-refractivity contribution in [3.63, 3.8) is 0 Å². The van der Waals surface area contributed by atoms with Crippen molar-refractivity contribution < 1.29 is 23.9 Å². The van der Waals surface area contributed by atoms with Gasteiger partial charge in [-0.05, 0) is 11.4 Å². The molecule has 1 aromatic heterocycles. The van der Waals surface area contributed by atoms with Crippen molar-refractivity contribution in [3.05, 3.63) is 58.3 Å². The van der Waals surface area contributed by atoms with Gasteiger partial charge in [0.05, 0.1) is 4.88 Å². The van der Waals surface area contributed by atoms with Crippen molar-refractivity contribution in [1.29, 1.82) is 0 Å². The third-order valence-electron chi connectivity index (χ3n) is 3.19. The number of rotatable bonds is 6. The molecule has 8 nitrogen and oxygen atoms in total. The zero-order chi connectivity index (χ0) is 18.9. The second-order valence-corrected chi connectivity index (χ2v) is 5.96. The van der Waals surface area contributed by atoms with E-state index in [1.54, 1.807) is 47.8 Å². The summed E-state index contributed by atoms with van der Waals surface area (Å²) in [6, 6.07) is 10.9. The molecule has 0 radical (unpaired) electrons. The molecule has 2 rings (SSSR count). The molecule has 9 heteroatoms. The number of amides is 4. The smallest absolute Gasteiger partial charge is 0.326 e. The second kappa shape index (κ2) is 9.33. The molecule has 136 valence electrons. The number of urea groups is 1. The number of carbonyl (C=O) groups is 4. The average Bonchev–Trinajstić information content (AvgIpc) is 3.19. The molecule has 3 N–H and O–H groups in total. The lowest BCUT2D eigenvalue weighted by molar-refractivity contribution is -0.155. The third-order valence-corrected chi connectivity index (χ3v) is 4.06. The molecule has 2 aromatic rings. The van der Waals surface area contributed by atoms with Crippen LogP contribution in [-0.4, -0.2) is 37.4 Å². The lowest BCUT2D eigenvalue weighted by Crippen LogP contribution is -2.42. The van der Waals surface area contributed by atoms with Crippen LogP contribution in [0, 0.1) is 0 Å². The standard InChI is InChI=1S/C17H17N3O5S/c1-18-17(24)20-16(23)14(11-6-3-2-4-7-11)25-13(21)10-19-15(22)12-8-5-9-26-12/h2-9,14H,10H2,1H3,(H,19,22)(H2,18,20,23,24)/t14-/m0/s1. The molecule has 0 saturated heterocycles. The summed E-state index contributed by atoms with van der Waals surface area (Å²) in [6.45, 7) is -0.409. The van der Waals surface area contributed by atoms with Gasteiger partial charge in [0.2, 0.25) is 6.10 Å². The SMILES string of the molecule is CNC(=O)NC(=O)[C@@H](OC(=O)CNC(=O)c1cccs1)c1ccccc1. The monoisotopic (exact) mass is 375 g/mol. The van der Waals surface area contributed by atoms with E-state index in [0.29, 0.717) is 10.4 Å². The Labute approximate surface area is 153 Å². The molecule has 0 fully saturated rings. The molecule has 1 aromatic carbocycles. The van der Waals surface area contributed by atoms with Crippen LogP contribution in [-0.2, 0) is 14.3 Å². The lowest BCUT2D eigenvalue weighted by Gasteiger charge is -2.17. The van der Waals surface area contributed by atoms with Gasteiger partial charge in [-0.1, -0.05) is 36.4 Å². The van der Waals surface area contributed by atoms with E-state index in [0.717, 1.165) is 0 Å². The first-order valence-electron chi connectivity index (χ1n) is 7.60. The fraction of sp³-hybridized carbons (Fsp3) is 0.176. The summed E-state index contributed by atoms with van der Waals surface area (Å²) in [5.41, 5.74) is 0.395. The van der Waals surface area contributed by atoms with Crippen LogP contribution in [0.5, 0.6) is 0 Å². The fourth-order valence-corrected chi connectivity index (χ4v) is 2.60. The van der Waals surface area contributed by atoms with Crippen molar-refractivity contribution in [1.82, 2.24) is 16.0 Å². The molecule has 0 bridgehead atoms. The van der Waals surface area contributed by atoms with E-state index in [1.807, 2.05) is 0 Å². The number of benzene rings is 1. The topological polar surface area (TPSA) is 114 Å². The molecule has 1 heterocycles. The Bertz CT molecular complexity index is 777. The van der Waals surface area contributed by atoms with E-state index >= 15 is 0 Å². The Morgan fingerprint density at radius 3 is 2.42 bits per heavy atom. The largest absolute Gasteiger partial charge is 0.446 e. The summed E-state index contributed by atoms with van der Waals surface area (Å²) in [6.07, 6.45) is -1.32. The third kappa shape index (κ3) is 5.42. The Balaban J connectivity index is 2.01. The van der Waals surface area contributed by atoms with Crippen LogP contribution in [0.2, 0.25) is 0 Å². The molecule has 0 saturated carbocycles. The average molecular weight is 375 g/mol. The minimum atomic E-state index is -1.32. The minimum absolute atomic E-state index is 0.395. The number of hydrogen-bond donors (Lipinski definition) is 3. The van der Waals surface area contributed by atoms with Crippen LogP contribution in [0.15, 0.2) is 47.8 Å². The van der Waals surface area contributed by atoms with E-state index in [2.05, 4.69) is 16.0 Å². The molecule has 0 aliphatic heterocycles. The van der Waals surface area contributed by atoms with Gasteiger partial charge >= 0.3 is 12.0 Å². The highest BCUT2D eigenvalue weighted by Gasteiger charge is 2.26. The molecule has 1 atom stereocenters. The second-order valence-electron chi connectivity index (χ2n) is 5.01. The molecule has 4 amide bonds. The summed E-state index contributed by atoms with van der Waals surface area (Å²) in [5.74, 6) is -2.02. The van der Waals surface area contributed by atoms with Crippen LogP contribution >= 0.6 is 11.3 Å². The van der Waals surface area contributed by atoms with Gasteiger partial charge in [-0.15, -0.1) is 11.3 Å². The number of nitrogens with one attached hydrogen (secondary N) is 3. The van der Waals surface area contributed by atoms with Crippen molar-refractivity contribution in [2.45, 2.75) is 6.10 Å². The number of hydrogen-bond acceptors (Lipinski definition) is 6. The van der Waals surface area contributed by atoms with Gasteiger partial charge < -0.3 is 15.4 Å². The predicted molar refractivity (Wildman–Crippen MR) is 94.5 cm³/mol. The zero-order valence-electron chi connectivity index (χ0n) is 13.9. The van der Waals surface area contributed by atoms with Crippen molar-refractivity contribution >= 4 is 35.2 Å². The molecule has 26 heavy (non-hydrogen) atoms. The van der Waals surface area contributed by atoms with Gasteiger partial charge in [-0.3, -0.25) is 19.7 Å². The summed E-state index contributed by atoms with van der Waals surface area (Å²) in [7, 11) is 1.35. The summed E-state index contributed by atoms with van der Waals surface area (Å²) in [4.78, 5) is 47.9. The quantitative estimate of drug-likeness (QED) is 0.657. The number of imide groups is 1. The summed E-state index contributed by atoms with van der Waals surface area (Å²) < 4.78 is 5.17. The Morgan fingerprint density at radius 2 is 1.81 bits per heavy atom. The van der Waals surface area contributed by atoms with Crippen LogP contribution in [0.1, 0.15) is 21.3 Å². The van der Waals surface area contributed by atoms with E-state index in [4.69, 9.17) is 4.74 Å². The maximum Gasteiger partial charge on any atom is 0.326 e. The normalized spacial score (nSPS) is 11.1. The first-order valence-corrected chi connectivity index (χ1v) is 8.48. The number of esters is 1. The molecule has 0 aliphatic carbocycles. The van der Waals surface area contributed by atoms with E-state index in [9.17, 15) is 19.2 Å². The van der Waals surface area contributed by atoms with Crippen LogP contribution in [0.25, 0.3) is 0 Å². The van der Waals surface area contributed by atoms with Gasteiger partial charge in [0.15, 0.2) is 0 Å². The Kier molecular flexibility index (Phi) is 6.86.